The molecule has 1 heterocycles. The standard InChI is InChI=1S/C27H22F9NO3/c1-16-5-2-10-21-23(16)24(15-37(21)14-22(38)25(28,29)30,18-7-4-9-20(12-18)40-27(34,35)36)13-17-6-3-8-19(11-17)39-26(31,32)33/h2-12,22,38H,13-15H2,1H3/t22-,24?/m1/s1. The first-order valence-electron chi connectivity index (χ1n) is 11.8. The number of aliphatic hydroxyl groups excluding tert-OH is 1. The largest absolute Gasteiger partial charge is 0.573 e. The molecule has 1 unspecified atom stereocenters. The van der Waals surface area contributed by atoms with Gasteiger partial charge in [0.2, 0.25) is 0 Å². The first kappa shape index (κ1) is 29.4. The zero-order valence-electron chi connectivity index (χ0n) is 20.7. The van der Waals surface area contributed by atoms with Crippen LogP contribution >= 0.6 is 0 Å². The van der Waals surface area contributed by atoms with Crippen molar-refractivity contribution in [3.63, 3.8) is 0 Å². The average molecular weight is 579 g/mol. The molecular weight excluding hydrogens is 557 g/mol. The molecule has 2 atom stereocenters. The molecule has 1 aliphatic rings. The van der Waals surface area contributed by atoms with Crippen LogP contribution in [0.2, 0.25) is 0 Å². The summed E-state index contributed by atoms with van der Waals surface area (Å²) in [4.78, 5) is 1.27. The number of aliphatic hydroxyl groups is 1. The summed E-state index contributed by atoms with van der Waals surface area (Å²) in [6.45, 7) is 0.550. The molecule has 0 saturated carbocycles. The summed E-state index contributed by atoms with van der Waals surface area (Å²) in [5.74, 6) is -1.12. The maximum absolute atomic E-state index is 13.3. The lowest BCUT2D eigenvalue weighted by atomic mass is 9.70. The molecule has 0 fully saturated rings. The van der Waals surface area contributed by atoms with E-state index in [-0.39, 0.29) is 24.1 Å². The van der Waals surface area contributed by atoms with E-state index in [2.05, 4.69) is 9.47 Å². The fraction of sp³-hybridized carbons (Fsp3) is 0.333. The maximum Gasteiger partial charge on any atom is 0.573 e. The summed E-state index contributed by atoms with van der Waals surface area (Å²) in [7, 11) is 0. The van der Waals surface area contributed by atoms with E-state index >= 15 is 0 Å². The number of nitrogens with zero attached hydrogens (tertiary/aromatic N) is 1. The summed E-state index contributed by atoms with van der Waals surface area (Å²) in [6.07, 6.45) is -17.8. The highest BCUT2D eigenvalue weighted by Crippen LogP contribution is 2.50. The molecule has 4 rings (SSSR count). The van der Waals surface area contributed by atoms with Gasteiger partial charge < -0.3 is 19.5 Å². The quantitative estimate of drug-likeness (QED) is 0.305. The molecule has 40 heavy (non-hydrogen) atoms. The molecular formula is C27H22F9NO3. The second-order valence-corrected chi connectivity index (χ2v) is 9.44. The van der Waals surface area contributed by atoms with E-state index in [4.69, 9.17) is 0 Å². The minimum absolute atomic E-state index is 0.131. The molecule has 4 nitrogen and oxygen atoms in total. The average Bonchev–Trinajstić information content (AvgIpc) is 3.12. The van der Waals surface area contributed by atoms with E-state index in [1.807, 2.05) is 0 Å². The van der Waals surface area contributed by atoms with Crippen LogP contribution in [0.3, 0.4) is 0 Å². The Morgan fingerprint density at radius 3 is 2.00 bits per heavy atom. The van der Waals surface area contributed by atoms with Gasteiger partial charge in [-0.05, 0) is 65.9 Å². The van der Waals surface area contributed by atoms with Crippen molar-refractivity contribution in [1.82, 2.24) is 0 Å². The van der Waals surface area contributed by atoms with E-state index < -0.39 is 48.5 Å². The van der Waals surface area contributed by atoms with Crippen LogP contribution in [0.5, 0.6) is 11.5 Å². The lowest BCUT2D eigenvalue weighted by Gasteiger charge is -2.33. The number of rotatable bonds is 7. The van der Waals surface area contributed by atoms with Crippen LogP contribution in [0, 0.1) is 6.92 Å². The molecule has 0 bridgehead atoms. The Labute approximate surface area is 222 Å². The topological polar surface area (TPSA) is 41.9 Å². The number of halogens is 9. The first-order valence-corrected chi connectivity index (χ1v) is 11.8. The second kappa shape index (κ2) is 10.4. The number of fused-ring (bicyclic) bond motifs is 1. The van der Waals surface area contributed by atoms with Gasteiger partial charge in [-0.2, -0.15) is 13.2 Å². The number of benzene rings is 3. The van der Waals surface area contributed by atoms with Crippen molar-refractivity contribution in [2.24, 2.45) is 0 Å². The van der Waals surface area contributed by atoms with Gasteiger partial charge in [-0.25, -0.2) is 0 Å². The Balaban J connectivity index is 1.88. The van der Waals surface area contributed by atoms with Crippen molar-refractivity contribution >= 4 is 5.69 Å². The maximum atomic E-state index is 13.3. The van der Waals surface area contributed by atoms with Crippen LogP contribution in [0.25, 0.3) is 0 Å². The Morgan fingerprint density at radius 1 is 0.825 bits per heavy atom. The Bertz CT molecular complexity index is 1350. The Kier molecular flexibility index (Phi) is 7.65. The fourth-order valence-electron chi connectivity index (χ4n) is 5.18. The van der Waals surface area contributed by atoms with E-state index in [9.17, 15) is 44.6 Å². The second-order valence-electron chi connectivity index (χ2n) is 9.44. The van der Waals surface area contributed by atoms with Crippen molar-refractivity contribution in [3.8, 4) is 11.5 Å². The SMILES string of the molecule is Cc1cccc2c1C(Cc1cccc(OC(F)(F)F)c1)(c1cccc(OC(F)(F)F)c1)CN2C[C@@H](O)C(F)(F)F. The van der Waals surface area contributed by atoms with Crippen LogP contribution in [-0.4, -0.2) is 43.2 Å². The van der Waals surface area contributed by atoms with E-state index in [1.165, 1.54) is 35.2 Å². The molecule has 0 saturated heterocycles. The van der Waals surface area contributed by atoms with Crippen LogP contribution in [0.4, 0.5) is 45.2 Å². The molecule has 0 spiro atoms. The number of hydrogen-bond donors (Lipinski definition) is 1. The molecule has 0 radical (unpaired) electrons. The number of ether oxygens (including phenoxy) is 2. The normalized spacial score (nSPS) is 18.4. The third-order valence-electron chi connectivity index (χ3n) is 6.56. The van der Waals surface area contributed by atoms with Gasteiger partial charge in [0, 0.05) is 17.6 Å². The highest BCUT2D eigenvalue weighted by Gasteiger charge is 2.48. The Hall–Kier alpha value is -3.61. The predicted octanol–water partition coefficient (Wildman–Crippen LogP) is 7.06. The van der Waals surface area contributed by atoms with Crippen LogP contribution in [0.15, 0.2) is 66.7 Å². The van der Waals surface area contributed by atoms with E-state index in [0.717, 1.165) is 24.3 Å². The molecule has 13 heteroatoms. The van der Waals surface area contributed by atoms with Gasteiger partial charge in [-0.1, -0.05) is 36.4 Å². The number of β-amino-alcohol motifs (C(OH)–C–C–N with tert-alkyl or cyclic N) is 1. The monoisotopic (exact) mass is 579 g/mol. The van der Waals surface area contributed by atoms with Crippen molar-refractivity contribution in [2.45, 2.75) is 43.8 Å². The summed E-state index contributed by atoms with van der Waals surface area (Å²) in [6, 6.07) is 14.6. The van der Waals surface area contributed by atoms with Gasteiger partial charge >= 0.3 is 18.9 Å². The number of hydrogen-bond acceptors (Lipinski definition) is 4. The minimum Gasteiger partial charge on any atom is -0.406 e. The van der Waals surface area contributed by atoms with Crippen molar-refractivity contribution in [2.75, 3.05) is 18.0 Å². The molecule has 1 aliphatic heterocycles. The zero-order chi connectivity index (χ0) is 29.5. The number of alkyl halides is 9. The smallest absolute Gasteiger partial charge is 0.406 e. The first-order chi connectivity index (χ1) is 18.5. The summed E-state index contributed by atoms with van der Waals surface area (Å²) < 4.78 is 126. The van der Waals surface area contributed by atoms with E-state index in [0.29, 0.717) is 16.8 Å². The van der Waals surface area contributed by atoms with Gasteiger partial charge in [0.1, 0.15) is 11.5 Å². The lowest BCUT2D eigenvalue weighted by molar-refractivity contribution is -0.275. The van der Waals surface area contributed by atoms with Crippen molar-refractivity contribution in [1.29, 1.82) is 0 Å². The number of aryl methyl sites for hydroxylation is 1. The van der Waals surface area contributed by atoms with Crippen LogP contribution in [-0.2, 0) is 11.8 Å². The van der Waals surface area contributed by atoms with Crippen LogP contribution < -0.4 is 14.4 Å². The third-order valence-corrected chi connectivity index (χ3v) is 6.56. The van der Waals surface area contributed by atoms with Crippen molar-refractivity contribution in [3.05, 3.63) is 89.0 Å². The predicted molar refractivity (Wildman–Crippen MR) is 126 cm³/mol. The van der Waals surface area contributed by atoms with Gasteiger partial charge in [-0.15, -0.1) is 26.3 Å². The Morgan fingerprint density at radius 2 is 1.40 bits per heavy atom. The number of anilines is 1. The third kappa shape index (κ3) is 6.57. The van der Waals surface area contributed by atoms with Gasteiger partial charge in [-0.3, -0.25) is 0 Å². The zero-order valence-corrected chi connectivity index (χ0v) is 20.7. The molecule has 3 aromatic carbocycles. The van der Waals surface area contributed by atoms with Crippen molar-refractivity contribution < 1.29 is 54.1 Å². The summed E-state index contributed by atoms with van der Waals surface area (Å²) in [5, 5.41) is 9.85. The molecule has 0 aromatic heterocycles. The molecule has 216 valence electrons. The molecule has 1 N–H and O–H groups in total. The van der Waals surface area contributed by atoms with Crippen LogP contribution in [0.1, 0.15) is 22.3 Å². The molecule has 3 aromatic rings. The van der Waals surface area contributed by atoms with E-state index in [1.54, 1.807) is 19.1 Å². The lowest BCUT2D eigenvalue weighted by Crippen LogP contribution is -2.44. The molecule has 0 aliphatic carbocycles. The summed E-state index contributed by atoms with van der Waals surface area (Å²) in [5.41, 5.74) is 0.468. The highest BCUT2D eigenvalue weighted by atomic mass is 19.4. The van der Waals surface area contributed by atoms with Gasteiger partial charge in [0.15, 0.2) is 6.10 Å². The highest BCUT2D eigenvalue weighted by molar-refractivity contribution is 5.69. The molecule has 0 amide bonds. The minimum atomic E-state index is -5.03. The van der Waals surface area contributed by atoms with Gasteiger partial charge in [0.25, 0.3) is 0 Å². The van der Waals surface area contributed by atoms with Gasteiger partial charge in [0.05, 0.1) is 6.54 Å². The fourth-order valence-corrected chi connectivity index (χ4v) is 5.18. The summed E-state index contributed by atoms with van der Waals surface area (Å²) >= 11 is 0.